The van der Waals surface area contributed by atoms with Gasteiger partial charge in [0.1, 0.15) is 0 Å². The zero-order chi connectivity index (χ0) is 10.7. The first-order valence-corrected chi connectivity index (χ1v) is 6.04. The lowest BCUT2D eigenvalue weighted by atomic mass is 9.99. The Hall–Kier alpha value is -0.980. The summed E-state index contributed by atoms with van der Waals surface area (Å²) in [4.78, 5) is 2.52. The summed E-state index contributed by atoms with van der Waals surface area (Å²) in [5.41, 5.74) is 2.85. The van der Waals surface area contributed by atoms with Gasteiger partial charge in [-0.15, -0.1) is 0 Å². The summed E-state index contributed by atoms with van der Waals surface area (Å²) < 4.78 is 0. The minimum atomic E-state index is 0.911. The minimum Gasteiger partial charge on any atom is -0.372 e. The van der Waals surface area contributed by atoms with Gasteiger partial charge in [-0.05, 0) is 44.3 Å². The van der Waals surface area contributed by atoms with Crippen LogP contribution in [0.5, 0.6) is 0 Å². The topological polar surface area (TPSA) is 3.24 Å². The standard InChI is InChI=1S/C14H21N/c1-12-4-3-5-14(7-6-12)15-10-8-13(2)9-11-15/h3,5-7,13H,4,8-11H2,1-2H3. The molecule has 0 aromatic carbocycles. The number of hydrogen-bond donors (Lipinski definition) is 0. The van der Waals surface area contributed by atoms with Crippen LogP contribution in [-0.4, -0.2) is 18.0 Å². The van der Waals surface area contributed by atoms with Gasteiger partial charge >= 0.3 is 0 Å². The summed E-state index contributed by atoms with van der Waals surface area (Å²) in [7, 11) is 0. The highest BCUT2D eigenvalue weighted by Crippen LogP contribution is 2.22. The number of rotatable bonds is 1. The van der Waals surface area contributed by atoms with Gasteiger partial charge in [-0.1, -0.05) is 24.6 Å². The third kappa shape index (κ3) is 2.74. The van der Waals surface area contributed by atoms with Gasteiger partial charge in [0.05, 0.1) is 0 Å². The fourth-order valence-electron chi connectivity index (χ4n) is 2.19. The van der Waals surface area contributed by atoms with Crippen molar-refractivity contribution in [1.82, 2.24) is 4.90 Å². The molecule has 0 unspecified atom stereocenters. The molecule has 0 atom stereocenters. The molecule has 0 N–H and O–H groups in total. The van der Waals surface area contributed by atoms with Gasteiger partial charge in [-0.25, -0.2) is 0 Å². The third-order valence-corrected chi connectivity index (χ3v) is 3.42. The second kappa shape index (κ2) is 4.69. The summed E-state index contributed by atoms with van der Waals surface area (Å²) in [6.45, 7) is 7.01. The molecule has 0 aromatic rings. The second-order valence-corrected chi connectivity index (χ2v) is 4.88. The van der Waals surface area contributed by atoms with Crippen molar-refractivity contribution in [1.29, 1.82) is 0 Å². The van der Waals surface area contributed by atoms with E-state index >= 15 is 0 Å². The lowest BCUT2D eigenvalue weighted by Crippen LogP contribution is -2.31. The van der Waals surface area contributed by atoms with E-state index in [-0.39, 0.29) is 0 Å². The molecule has 0 bridgehead atoms. The van der Waals surface area contributed by atoms with Crippen LogP contribution in [-0.2, 0) is 0 Å². The molecule has 15 heavy (non-hydrogen) atoms. The van der Waals surface area contributed by atoms with Gasteiger partial charge in [0.15, 0.2) is 0 Å². The number of hydrogen-bond acceptors (Lipinski definition) is 1. The molecule has 0 radical (unpaired) electrons. The van der Waals surface area contributed by atoms with Crippen LogP contribution in [0.1, 0.15) is 33.1 Å². The normalized spacial score (nSPS) is 23.5. The molecule has 1 heterocycles. The smallest absolute Gasteiger partial charge is 0.0363 e. The van der Waals surface area contributed by atoms with Gasteiger partial charge in [0.25, 0.3) is 0 Å². The Morgan fingerprint density at radius 3 is 2.67 bits per heavy atom. The van der Waals surface area contributed by atoms with Crippen LogP contribution in [0.15, 0.2) is 35.6 Å². The predicted molar refractivity (Wildman–Crippen MR) is 65.6 cm³/mol. The minimum absolute atomic E-state index is 0.911. The molecule has 1 saturated heterocycles. The average molecular weight is 203 g/mol. The van der Waals surface area contributed by atoms with Crippen LogP contribution in [0.25, 0.3) is 0 Å². The quantitative estimate of drug-likeness (QED) is 0.630. The van der Waals surface area contributed by atoms with Gasteiger partial charge in [-0.2, -0.15) is 0 Å². The van der Waals surface area contributed by atoms with E-state index in [0.717, 1.165) is 12.3 Å². The van der Waals surface area contributed by atoms with Gasteiger partial charge in [-0.3, -0.25) is 0 Å². The van der Waals surface area contributed by atoms with E-state index < -0.39 is 0 Å². The van der Waals surface area contributed by atoms with E-state index in [1.807, 2.05) is 0 Å². The molecule has 0 saturated carbocycles. The summed E-state index contributed by atoms with van der Waals surface area (Å²) in [6, 6.07) is 0. The summed E-state index contributed by atoms with van der Waals surface area (Å²) in [6.07, 6.45) is 12.9. The van der Waals surface area contributed by atoms with Crippen LogP contribution in [0.4, 0.5) is 0 Å². The van der Waals surface area contributed by atoms with E-state index in [0.29, 0.717) is 0 Å². The first-order chi connectivity index (χ1) is 7.25. The third-order valence-electron chi connectivity index (χ3n) is 3.42. The SMILES string of the molecule is CC1=CC=C(N2CCC(C)CC2)C=CC1. The van der Waals surface area contributed by atoms with Crippen LogP contribution in [0, 0.1) is 5.92 Å². The molecular weight excluding hydrogens is 182 g/mol. The highest BCUT2D eigenvalue weighted by Gasteiger charge is 2.16. The molecule has 1 nitrogen and oxygen atoms in total. The van der Waals surface area contributed by atoms with Crippen molar-refractivity contribution >= 4 is 0 Å². The number of likely N-dealkylation sites (tertiary alicyclic amines) is 1. The van der Waals surface area contributed by atoms with Crippen molar-refractivity contribution in [2.24, 2.45) is 5.92 Å². The van der Waals surface area contributed by atoms with Gasteiger partial charge in [0, 0.05) is 18.8 Å². The molecule has 1 aliphatic carbocycles. The van der Waals surface area contributed by atoms with Crippen LogP contribution in [0.2, 0.25) is 0 Å². The zero-order valence-electron chi connectivity index (χ0n) is 9.87. The molecule has 2 aliphatic rings. The molecule has 0 spiro atoms. The molecule has 82 valence electrons. The highest BCUT2D eigenvalue weighted by molar-refractivity contribution is 5.29. The highest BCUT2D eigenvalue weighted by atomic mass is 15.1. The average Bonchev–Trinajstić information content (AvgIpc) is 2.44. The van der Waals surface area contributed by atoms with E-state index in [4.69, 9.17) is 0 Å². The van der Waals surface area contributed by atoms with Crippen molar-refractivity contribution in [3.8, 4) is 0 Å². The second-order valence-electron chi connectivity index (χ2n) is 4.88. The van der Waals surface area contributed by atoms with Crippen LogP contribution >= 0.6 is 0 Å². The van der Waals surface area contributed by atoms with Crippen molar-refractivity contribution in [3.63, 3.8) is 0 Å². The number of nitrogens with zero attached hydrogens (tertiary/aromatic N) is 1. The zero-order valence-corrected chi connectivity index (χ0v) is 9.87. The maximum Gasteiger partial charge on any atom is 0.0363 e. The van der Waals surface area contributed by atoms with Crippen molar-refractivity contribution in [2.75, 3.05) is 13.1 Å². The lowest BCUT2D eigenvalue weighted by Gasteiger charge is -2.32. The van der Waals surface area contributed by atoms with E-state index in [2.05, 4.69) is 43.1 Å². The maximum atomic E-state index is 2.52. The first-order valence-electron chi connectivity index (χ1n) is 6.04. The van der Waals surface area contributed by atoms with Crippen molar-refractivity contribution in [2.45, 2.75) is 33.1 Å². The number of piperidine rings is 1. The van der Waals surface area contributed by atoms with Crippen LogP contribution in [0.3, 0.4) is 0 Å². The molecule has 1 aliphatic heterocycles. The Bertz CT molecular complexity index is 301. The molecule has 1 fully saturated rings. The van der Waals surface area contributed by atoms with Gasteiger partial charge in [0.2, 0.25) is 0 Å². The summed E-state index contributed by atoms with van der Waals surface area (Å²) >= 11 is 0. The predicted octanol–water partition coefficient (Wildman–Crippen LogP) is 3.51. The Labute approximate surface area is 93.2 Å². The Morgan fingerprint density at radius 1 is 1.20 bits per heavy atom. The summed E-state index contributed by atoms with van der Waals surface area (Å²) in [5.74, 6) is 0.911. The lowest BCUT2D eigenvalue weighted by molar-refractivity contribution is 0.243. The van der Waals surface area contributed by atoms with Crippen molar-refractivity contribution < 1.29 is 0 Å². The molecule has 0 aromatic heterocycles. The summed E-state index contributed by atoms with van der Waals surface area (Å²) in [5, 5.41) is 0. The molecular formula is C14H21N. The Kier molecular flexibility index (Phi) is 3.30. The van der Waals surface area contributed by atoms with Crippen LogP contribution < -0.4 is 0 Å². The van der Waals surface area contributed by atoms with E-state index in [9.17, 15) is 0 Å². The Balaban J connectivity index is 2.04. The van der Waals surface area contributed by atoms with Crippen molar-refractivity contribution in [3.05, 3.63) is 35.6 Å². The molecule has 0 amide bonds. The molecule has 1 heteroatoms. The maximum absolute atomic E-state index is 2.52. The van der Waals surface area contributed by atoms with E-state index in [1.165, 1.54) is 37.2 Å². The first kappa shape index (κ1) is 10.5. The Morgan fingerprint density at radius 2 is 1.93 bits per heavy atom. The largest absolute Gasteiger partial charge is 0.372 e. The monoisotopic (exact) mass is 203 g/mol. The fourth-order valence-corrected chi connectivity index (χ4v) is 2.19. The number of allylic oxidation sites excluding steroid dienone is 5. The molecule has 2 rings (SSSR count). The fraction of sp³-hybridized carbons (Fsp3) is 0.571. The van der Waals surface area contributed by atoms with Gasteiger partial charge < -0.3 is 4.90 Å². The van der Waals surface area contributed by atoms with E-state index in [1.54, 1.807) is 0 Å².